The molecule has 1 aromatic heterocycles. The van der Waals surface area contributed by atoms with Gasteiger partial charge >= 0.3 is 5.63 Å². The lowest BCUT2D eigenvalue weighted by Gasteiger charge is -2.28. The van der Waals surface area contributed by atoms with Gasteiger partial charge in [-0.05, 0) is 13.0 Å². The van der Waals surface area contributed by atoms with Crippen molar-refractivity contribution in [1.29, 1.82) is 5.41 Å². The Morgan fingerprint density at radius 1 is 1.33 bits per heavy atom. The maximum atomic E-state index is 12.4. The summed E-state index contributed by atoms with van der Waals surface area (Å²) in [6, 6.07) is 6.57. The van der Waals surface area contributed by atoms with E-state index in [0.717, 1.165) is 0 Å². The molecule has 0 saturated carbocycles. The summed E-state index contributed by atoms with van der Waals surface area (Å²) in [5.41, 5.74) is -0.282. The van der Waals surface area contributed by atoms with Gasteiger partial charge in [0.2, 0.25) is 0 Å². The summed E-state index contributed by atoms with van der Waals surface area (Å²) in [4.78, 5) is 23.3. The van der Waals surface area contributed by atoms with Gasteiger partial charge in [0, 0.05) is 16.6 Å². The van der Waals surface area contributed by atoms with Crippen molar-refractivity contribution in [1.82, 2.24) is 0 Å². The fraction of sp³-hybridized carbons (Fsp3) is 0.250. The van der Waals surface area contributed by atoms with E-state index in [2.05, 4.69) is 0 Å². The van der Waals surface area contributed by atoms with Gasteiger partial charge in [-0.2, -0.15) is 0 Å². The van der Waals surface area contributed by atoms with Crippen molar-refractivity contribution in [3.05, 3.63) is 67.8 Å². The van der Waals surface area contributed by atoms with E-state index in [-0.39, 0.29) is 11.3 Å². The minimum atomic E-state index is -1.54. The highest BCUT2D eigenvalue weighted by Gasteiger charge is 2.48. The highest BCUT2D eigenvalue weighted by atomic mass is 16.6. The van der Waals surface area contributed by atoms with Crippen LogP contribution in [0.2, 0.25) is 0 Å². The molecule has 1 aliphatic heterocycles. The smallest absolute Gasteiger partial charge is 0.343 e. The van der Waals surface area contributed by atoms with E-state index in [9.17, 15) is 14.9 Å². The average molecular weight is 330 g/mol. The molecule has 2 unspecified atom stereocenters. The van der Waals surface area contributed by atoms with Crippen LogP contribution < -0.4 is 15.1 Å². The van der Waals surface area contributed by atoms with Crippen molar-refractivity contribution >= 4 is 5.90 Å². The number of nitrogens with zero attached hydrogens (tertiary/aromatic N) is 1. The minimum Gasteiger partial charge on any atom is -0.496 e. The van der Waals surface area contributed by atoms with Crippen molar-refractivity contribution < 1.29 is 18.8 Å². The Morgan fingerprint density at radius 2 is 2.04 bits per heavy atom. The standard InChI is InChI=1S/C16H14N2O6/c1-8-7-11-13(16(19)23-8)12(14(18(20)21)15(17)24-11)9-5-3-4-6-10(9)22-2/h3-7,12,14,17H,1-2H3. The SMILES string of the molecule is COc1ccccc1C1c2c(cc(C)oc2=O)OC(=N)C1[N+](=O)[O-]. The van der Waals surface area contributed by atoms with Gasteiger partial charge in [0.1, 0.15) is 23.2 Å². The van der Waals surface area contributed by atoms with E-state index >= 15 is 0 Å². The summed E-state index contributed by atoms with van der Waals surface area (Å²) in [7, 11) is 1.43. The van der Waals surface area contributed by atoms with Crippen molar-refractivity contribution in [2.75, 3.05) is 7.11 Å². The van der Waals surface area contributed by atoms with Crippen LogP contribution in [-0.2, 0) is 0 Å². The van der Waals surface area contributed by atoms with E-state index in [1.54, 1.807) is 31.2 Å². The second-order valence-electron chi connectivity index (χ2n) is 5.34. The molecular formula is C16H14N2O6. The molecule has 8 nitrogen and oxygen atoms in total. The van der Waals surface area contributed by atoms with Crippen LogP contribution in [0.25, 0.3) is 0 Å². The zero-order valence-electron chi connectivity index (χ0n) is 12.9. The zero-order valence-corrected chi connectivity index (χ0v) is 12.9. The first kappa shape index (κ1) is 15.7. The Balaban J connectivity index is 2.33. The largest absolute Gasteiger partial charge is 0.496 e. The Kier molecular flexibility index (Phi) is 3.80. The molecule has 2 heterocycles. The number of fused-ring (bicyclic) bond motifs is 1. The Morgan fingerprint density at radius 3 is 2.71 bits per heavy atom. The van der Waals surface area contributed by atoms with E-state index in [1.165, 1.54) is 13.2 Å². The maximum absolute atomic E-state index is 12.4. The van der Waals surface area contributed by atoms with E-state index in [1.807, 2.05) is 0 Å². The molecule has 0 fully saturated rings. The van der Waals surface area contributed by atoms with Crippen LogP contribution in [0.5, 0.6) is 11.5 Å². The number of ether oxygens (including phenoxy) is 2. The molecule has 2 atom stereocenters. The molecule has 1 aromatic carbocycles. The van der Waals surface area contributed by atoms with Crippen LogP contribution in [0.3, 0.4) is 0 Å². The monoisotopic (exact) mass is 330 g/mol. The number of nitrogens with one attached hydrogen (secondary N) is 1. The van der Waals surface area contributed by atoms with Gasteiger partial charge < -0.3 is 13.9 Å². The summed E-state index contributed by atoms with van der Waals surface area (Å²) in [5.74, 6) is -0.791. The first-order valence-corrected chi connectivity index (χ1v) is 7.11. The topological polar surface area (TPSA) is 116 Å². The summed E-state index contributed by atoms with van der Waals surface area (Å²) in [5, 5.41) is 19.5. The Labute approximate surface area is 136 Å². The predicted molar refractivity (Wildman–Crippen MR) is 83.7 cm³/mol. The molecule has 0 aliphatic carbocycles. The normalized spacial score (nSPS) is 19.3. The highest BCUT2D eigenvalue weighted by molar-refractivity contribution is 5.84. The number of nitro groups is 1. The van der Waals surface area contributed by atoms with Gasteiger partial charge in [-0.25, -0.2) is 4.79 Å². The van der Waals surface area contributed by atoms with Crippen LogP contribution in [0.1, 0.15) is 22.8 Å². The summed E-state index contributed by atoms with van der Waals surface area (Å²) in [6.45, 7) is 1.56. The number of para-hydroxylation sites is 1. The molecule has 0 radical (unpaired) electrons. The highest BCUT2D eigenvalue weighted by Crippen LogP contribution is 2.41. The quantitative estimate of drug-likeness (QED) is 0.680. The number of aryl methyl sites for hydroxylation is 1. The lowest BCUT2D eigenvalue weighted by molar-refractivity contribution is -0.508. The lowest BCUT2D eigenvalue weighted by Crippen LogP contribution is -2.44. The number of rotatable bonds is 3. The van der Waals surface area contributed by atoms with Crippen LogP contribution in [-0.4, -0.2) is 24.0 Å². The molecule has 0 spiro atoms. The predicted octanol–water partition coefficient (Wildman–Crippen LogP) is 2.10. The first-order chi connectivity index (χ1) is 11.4. The average Bonchev–Trinajstić information content (AvgIpc) is 2.52. The fourth-order valence-corrected chi connectivity index (χ4v) is 2.91. The molecule has 1 aliphatic rings. The van der Waals surface area contributed by atoms with Crippen molar-refractivity contribution in [2.24, 2.45) is 0 Å². The molecule has 1 N–H and O–H groups in total. The number of hydrogen-bond acceptors (Lipinski definition) is 7. The van der Waals surface area contributed by atoms with E-state index < -0.39 is 28.4 Å². The molecular weight excluding hydrogens is 316 g/mol. The number of hydrogen-bond donors (Lipinski definition) is 1. The third kappa shape index (κ3) is 2.41. The third-order valence-corrected chi connectivity index (χ3v) is 3.89. The zero-order chi connectivity index (χ0) is 17.4. The number of methoxy groups -OCH3 is 1. The van der Waals surface area contributed by atoms with Crippen molar-refractivity contribution in [2.45, 2.75) is 18.9 Å². The van der Waals surface area contributed by atoms with Crippen LogP contribution in [0, 0.1) is 22.4 Å². The summed E-state index contributed by atoms with van der Waals surface area (Å²) < 4.78 is 15.6. The van der Waals surface area contributed by atoms with Gasteiger partial charge in [-0.1, -0.05) is 18.2 Å². The van der Waals surface area contributed by atoms with Crippen LogP contribution in [0.4, 0.5) is 0 Å². The molecule has 0 saturated heterocycles. The molecule has 0 bridgehead atoms. The molecule has 124 valence electrons. The van der Waals surface area contributed by atoms with E-state index in [0.29, 0.717) is 17.1 Å². The summed E-state index contributed by atoms with van der Waals surface area (Å²) >= 11 is 0. The first-order valence-electron chi connectivity index (χ1n) is 7.11. The second-order valence-corrected chi connectivity index (χ2v) is 5.34. The number of benzene rings is 1. The lowest BCUT2D eigenvalue weighted by atomic mass is 9.83. The maximum Gasteiger partial charge on any atom is 0.343 e. The van der Waals surface area contributed by atoms with Gasteiger partial charge in [0.15, 0.2) is 0 Å². The minimum absolute atomic E-state index is 0.0165. The Hall–Kier alpha value is -3.16. The van der Waals surface area contributed by atoms with E-state index in [4.69, 9.17) is 19.3 Å². The van der Waals surface area contributed by atoms with Crippen molar-refractivity contribution in [3.8, 4) is 11.5 Å². The molecule has 2 aromatic rings. The second kappa shape index (κ2) is 5.80. The van der Waals surface area contributed by atoms with Crippen LogP contribution >= 0.6 is 0 Å². The molecule has 0 amide bonds. The third-order valence-electron chi connectivity index (χ3n) is 3.89. The van der Waals surface area contributed by atoms with Gasteiger partial charge in [-0.15, -0.1) is 0 Å². The van der Waals surface area contributed by atoms with Crippen molar-refractivity contribution in [3.63, 3.8) is 0 Å². The summed E-state index contributed by atoms with van der Waals surface area (Å²) in [6.07, 6.45) is 0. The molecule has 3 rings (SSSR count). The van der Waals surface area contributed by atoms with Gasteiger partial charge in [0.25, 0.3) is 11.9 Å². The van der Waals surface area contributed by atoms with Crippen LogP contribution in [0.15, 0.2) is 39.5 Å². The fourth-order valence-electron chi connectivity index (χ4n) is 2.91. The van der Waals surface area contributed by atoms with Gasteiger partial charge in [-0.3, -0.25) is 15.5 Å². The molecule has 8 heteroatoms. The molecule has 24 heavy (non-hydrogen) atoms. The Bertz CT molecular complexity index is 888. The van der Waals surface area contributed by atoms with Gasteiger partial charge in [0.05, 0.1) is 12.7 Å².